The van der Waals surface area contributed by atoms with Crippen molar-refractivity contribution in [2.24, 2.45) is 0 Å². The highest BCUT2D eigenvalue weighted by Gasteiger charge is 2.15. The standard InChI is InChI=1S/C21H18O6S/c1-13(22)12-28-19-6-4-3-5-17(19)21(24)26-11-14-9-20(23)27-18-10-15(25-2)7-8-16(14)18/h3-10H,11-12H2,1-2H3. The van der Waals surface area contributed by atoms with Gasteiger partial charge >= 0.3 is 11.6 Å². The maximum absolute atomic E-state index is 12.6. The monoisotopic (exact) mass is 398 g/mol. The van der Waals surface area contributed by atoms with Gasteiger partial charge in [0.25, 0.3) is 0 Å². The van der Waals surface area contributed by atoms with Gasteiger partial charge in [-0.15, -0.1) is 11.8 Å². The second-order valence-corrected chi connectivity index (χ2v) is 7.03. The number of carbonyl (C=O) groups is 2. The van der Waals surface area contributed by atoms with Crippen molar-refractivity contribution in [3.8, 4) is 5.75 Å². The van der Waals surface area contributed by atoms with Gasteiger partial charge in [-0.2, -0.15) is 0 Å². The summed E-state index contributed by atoms with van der Waals surface area (Å²) in [5, 5.41) is 0.660. The fourth-order valence-electron chi connectivity index (χ4n) is 2.62. The lowest BCUT2D eigenvalue weighted by atomic mass is 10.1. The van der Waals surface area contributed by atoms with Crippen molar-refractivity contribution in [2.45, 2.75) is 18.4 Å². The summed E-state index contributed by atoms with van der Waals surface area (Å²) in [6, 6.07) is 13.3. The molecule has 0 aliphatic heterocycles. The summed E-state index contributed by atoms with van der Waals surface area (Å²) in [5.74, 6) is 0.324. The fourth-order valence-corrected chi connectivity index (χ4v) is 3.46. The van der Waals surface area contributed by atoms with Gasteiger partial charge in [-0.1, -0.05) is 12.1 Å². The molecule has 0 aliphatic rings. The summed E-state index contributed by atoms with van der Waals surface area (Å²) in [6.07, 6.45) is 0. The van der Waals surface area contributed by atoms with E-state index in [1.807, 2.05) is 0 Å². The number of methoxy groups -OCH3 is 1. The molecule has 0 fully saturated rings. The van der Waals surface area contributed by atoms with E-state index in [4.69, 9.17) is 13.9 Å². The normalized spacial score (nSPS) is 10.6. The highest BCUT2D eigenvalue weighted by molar-refractivity contribution is 8.00. The molecule has 0 radical (unpaired) electrons. The Balaban J connectivity index is 1.82. The predicted octanol–water partition coefficient (Wildman–Crippen LogP) is 3.84. The molecule has 0 N–H and O–H groups in total. The van der Waals surface area contributed by atoms with Crippen LogP contribution in [0.3, 0.4) is 0 Å². The van der Waals surface area contributed by atoms with Crippen LogP contribution in [0.5, 0.6) is 5.75 Å². The van der Waals surface area contributed by atoms with E-state index < -0.39 is 11.6 Å². The first kappa shape index (κ1) is 19.7. The molecular formula is C21H18O6S. The summed E-state index contributed by atoms with van der Waals surface area (Å²) in [6.45, 7) is 1.41. The number of hydrogen-bond donors (Lipinski definition) is 0. The second kappa shape index (κ2) is 8.75. The maximum Gasteiger partial charge on any atom is 0.339 e. The number of rotatable bonds is 7. The van der Waals surface area contributed by atoms with Crippen LogP contribution in [0, 0.1) is 0 Å². The number of esters is 1. The molecule has 0 spiro atoms. The van der Waals surface area contributed by atoms with E-state index in [-0.39, 0.29) is 18.1 Å². The zero-order valence-electron chi connectivity index (χ0n) is 15.4. The molecule has 144 valence electrons. The Labute approximate surface area is 165 Å². The van der Waals surface area contributed by atoms with E-state index in [0.29, 0.717) is 32.7 Å². The van der Waals surface area contributed by atoms with Crippen LogP contribution in [0.15, 0.2) is 62.6 Å². The zero-order valence-corrected chi connectivity index (χ0v) is 16.2. The minimum Gasteiger partial charge on any atom is -0.497 e. The first-order valence-corrected chi connectivity index (χ1v) is 9.45. The van der Waals surface area contributed by atoms with Crippen molar-refractivity contribution in [2.75, 3.05) is 12.9 Å². The Morgan fingerprint density at radius 1 is 1.11 bits per heavy atom. The van der Waals surface area contributed by atoms with Gasteiger partial charge in [-0.3, -0.25) is 4.79 Å². The van der Waals surface area contributed by atoms with E-state index in [9.17, 15) is 14.4 Å². The number of benzene rings is 2. The minimum atomic E-state index is -0.538. The average Bonchev–Trinajstić information content (AvgIpc) is 2.69. The molecule has 0 atom stereocenters. The van der Waals surface area contributed by atoms with Crippen LogP contribution in [0.25, 0.3) is 11.0 Å². The number of thioether (sulfide) groups is 1. The van der Waals surface area contributed by atoms with Crippen LogP contribution in [-0.4, -0.2) is 24.6 Å². The Kier molecular flexibility index (Phi) is 6.16. The van der Waals surface area contributed by atoms with Gasteiger partial charge in [-0.05, 0) is 31.2 Å². The number of Topliss-reactive ketones (excluding diaryl/α,β-unsaturated/α-hetero) is 1. The van der Waals surface area contributed by atoms with Gasteiger partial charge < -0.3 is 13.9 Å². The molecule has 1 aromatic heterocycles. The number of hydrogen-bond acceptors (Lipinski definition) is 7. The molecule has 0 amide bonds. The van der Waals surface area contributed by atoms with E-state index in [1.165, 1.54) is 31.9 Å². The highest BCUT2D eigenvalue weighted by Crippen LogP contribution is 2.25. The number of carbonyl (C=O) groups excluding carboxylic acids is 2. The summed E-state index contributed by atoms with van der Waals surface area (Å²) in [7, 11) is 1.52. The van der Waals surface area contributed by atoms with E-state index in [1.54, 1.807) is 42.5 Å². The molecule has 3 rings (SSSR count). The topological polar surface area (TPSA) is 82.8 Å². The van der Waals surface area contributed by atoms with Crippen LogP contribution in [0.1, 0.15) is 22.8 Å². The smallest absolute Gasteiger partial charge is 0.339 e. The van der Waals surface area contributed by atoms with Crippen molar-refractivity contribution in [3.63, 3.8) is 0 Å². The molecule has 2 aromatic carbocycles. The third-order valence-corrected chi connectivity index (χ3v) is 5.15. The Hall–Kier alpha value is -3.06. The molecule has 0 saturated carbocycles. The van der Waals surface area contributed by atoms with E-state index in [0.717, 1.165) is 0 Å². The summed E-state index contributed by atoms with van der Waals surface area (Å²) in [5.41, 5.74) is 0.735. The SMILES string of the molecule is COc1ccc2c(COC(=O)c3ccccc3SCC(C)=O)cc(=O)oc2c1. The van der Waals surface area contributed by atoms with Crippen LogP contribution >= 0.6 is 11.8 Å². The lowest BCUT2D eigenvalue weighted by molar-refractivity contribution is -0.114. The number of ether oxygens (including phenoxy) is 2. The second-order valence-electron chi connectivity index (χ2n) is 6.02. The van der Waals surface area contributed by atoms with Crippen LogP contribution < -0.4 is 10.4 Å². The van der Waals surface area contributed by atoms with Crippen molar-refractivity contribution in [1.29, 1.82) is 0 Å². The van der Waals surface area contributed by atoms with Crippen molar-refractivity contribution >= 4 is 34.5 Å². The van der Waals surface area contributed by atoms with Gasteiger partial charge in [0.2, 0.25) is 0 Å². The third-order valence-electron chi connectivity index (χ3n) is 3.93. The Bertz CT molecular complexity index is 1090. The molecule has 0 aliphatic carbocycles. The molecular weight excluding hydrogens is 380 g/mol. The number of fused-ring (bicyclic) bond motifs is 1. The van der Waals surface area contributed by atoms with Crippen LogP contribution in [0.2, 0.25) is 0 Å². The molecule has 3 aromatic rings. The summed E-state index contributed by atoms with van der Waals surface area (Å²) < 4.78 is 15.8. The molecule has 0 saturated heterocycles. The van der Waals surface area contributed by atoms with Crippen molar-refractivity contribution in [1.82, 2.24) is 0 Å². The molecule has 0 bridgehead atoms. The zero-order chi connectivity index (χ0) is 20.1. The predicted molar refractivity (Wildman–Crippen MR) is 106 cm³/mol. The Morgan fingerprint density at radius 2 is 1.89 bits per heavy atom. The van der Waals surface area contributed by atoms with E-state index in [2.05, 4.69) is 0 Å². The molecule has 1 heterocycles. The Morgan fingerprint density at radius 3 is 2.64 bits per heavy atom. The average molecular weight is 398 g/mol. The van der Waals surface area contributed by atoms with Crippen molar-refractivity contribution in [3.05, 3.63) is 70.1 Å². The van der Waals surface area contributed by atoms with Crippen LogP contribution in [0.4, 0.5) is 0 Å². The van der Waals surface area contributed by atoms with Crippen molar-refractivity contribution < 1.29 is 23.5 Å². The van der Waals surface area contributed by atoms with Gasteiger partial charge in [0.05, 0.1) is 18.4 Å². The lowest BCUT2D eigenvalue weighted by Gasteiger charge is -2.10. The molecule has 6 nitrogen and oxygen atoms in total. The van der Waals surface area contributed by atoms with Gasteiger partial charge in [0, 0.05) is 28.0 Å². The summed E-state index contributed by atoms with van der Waals surface area (Å²) >= 11 is 1.28. The quantitative estimate of drug-likeness (QED) is 0.340. The van der Waals surface area contributed by atoms with Gasteiger partial charge in [0.15, 0.2) is 0 Å². The first-order chi connectivity index (χ1) is 13.5. The highest BCUT2D eigenvalue weighted by atomic mass is 32.2. The summed E-state index contributed by atoms with van der Waals surface area (Å²) in [4.78, 5) is 36.3. The lowest BCUT2D eigenvalue weighted by Crippen LogP contribution is -2.09. The largest absolute Gasteiger partial charge is 0.497 e. The third kappa shape index (κ3) is 4.61. The minimum absolute atomic E-state index is 0.0195. The number of ketones is 1. The van der Waals surface area contributed by atoms with Gasteiger partial charge in [-0.25, -0.2) is 9.59 Å². The van der Waals surface area contributed by atoms with Crippen LogP contribution in [-0.2, 0) is 16.1 Å². The molecule has 7 heteroatoms. The maximum atomic E-state index is 12.6. The first-order valence-electron chi connectivity index (χ1n) is 8.47. The van der Waals surface area contributed by atoms with Gasteiger partial charge in [0.1, 0.15) is 23.7 Å². The van der Waals surface area contributed by atoms with E-state index >= 15 is 0 Å². The molecule has 0 unspecified atom stereocenters. The molecule has 28 heavy (non-hydrogen) atoms. The fraction of sp³-hybridized carbons (Fsp3) is 0.190.